The molecule has 3 heteroatoms. The van der Waals surface area contributed by atoms with Gasteiger partial charge in [-0.05, 0) is 43.6 Å². The van der Waals surface area contributed by atoms with Gasteiger partial charge in [-0.15, -0.1) is 5.41 Å². The maximum Gasteiger partial charge on any atom is 0 e. The van der Waals surface area contributed by atoms with Gasteiger partial charge in [0.05, 0.1) is 0 Å². The van der Waals surface area contributed by atoms with Gasteiger partial charge in [0.25, 0.3) is 0 Å². The van der Waals surface area contributed by atoms with E-state index in [1.54, 1.807) is 0 Å². The minimum absolute atomic E-state index is 0. The van der Waals surface area contributed by atoms with Crippen molar-refractivity contribution in [3.63, 3.8) is 0 Å². The van der Waals surface area contributed by atoms with Crippen molar-refractivity contribution >= 4 is 12.6 Å². The number of nitrogens with zero attached hydrogens (tertiary/aromatic N) is 1. The van der Waals surface area contributed by atoms with Crippen LogP contribution in [0.15, 0.2) is 0 Å². The molecule has 0 aromatic rings. The topological polar surface area (TPSA) is 3.24 Å². The molecule has 0 N–H and O–H groups in total. The van der Waals surface area contributed by atoms with Crippen LogP contribution in [-0.2, 0) is 32.7 Å². The first-order valence-corrected chi connectivity index (χ1v) is 7.70. The van der Waals surface area contributed by atoms with E-state index in [1.807, 2.05) is 0 Å². The summed E-state index contributed by atoms with van der Waals surface area (Å²) in [6.07, 6.45) is 4.54. The van der Waals surface area contributed by atoms with Crippen molar-refractivity contribution < 1.29 is 32.7 Å². The summed E-state index contributed by atoms with van der Waals surface area (Å²) in [6.45, 7) is 17.8. The summed E-state index contributed by atoms with van der Waals surface area (Å²) in [5.74, 6) is 1.35. The molecule has 0 aliphatic carbocycles. The molecule has 1 heterocycles. The summed E-state index contributed by atoms with van der Waals surface area (Å²) >= 11 is 5.02. The van der Waals surface area contributed by atoms with Gasteiger partial charge in [0.15, 0.2) is 0 Å². The van der Waals surface area contributed by atoms with Crippen molar-refractivity contribution in [3.8, 4) is 0 Å². The van der Waals surface area contributed by atoms with Gasteiger partial charge in [-0.2, -0.15) is 19.0 Å². The Kier molecular flexibility index (Phi) is 8.76. The van der Waals surface area contributed by atoms with Crippen LogP contribution >= 0.6 is 12.6 Å². The molecular formula is C16H31NSY-2. The van der Waals surface area contributed by atoms with Gasteiger partial charge in [0, 0.05) is 32.7 Å². The molecule has 111 valence electrons. The van der Waals surface area contributed by atoms with E-state index in [2.05, 4.69) is 46.6 Å². The smallest absolute Gasteiger partial charge is 0 e. The Morgan fingerprint density at radius 1 is 1.47 bits per heavy atom. The van der Waals surface area contributed by atoms with Gasteiger partial charge in [-0.25, -0.2) is 0 Å². The van der Waals surface area contributed by atoms with E-state index in [0.29, 0.717) is 5.92 Å². The minimum Gasteiger partial charge on any atom is -0.343 e. The largest absolute Gasteiger partial charge is 0.343 e. The molecule has 1 rings (SSSR count). The molecule has 1 aliphatic rings. The van der Waals surface area contributed by atoms with Crippen LogP contribution in [0.1, 0.15) is 46.5 Å². The first kappa shape index (κ1) is 20.4. The summed E-state index contributed by atoms with van der Waals surface area (Å²) in [5, 5.41) is 0. The molecule has 0 aromatic carbocycles. The number of rotatable bonds is 3. The van der Waals surface area contributed by atoms with Crippen LogP contribution in [0, 0.1) is 31.1 Å². The van der Waals surface area contributed by atoms with E-state index in [4.69, 9.17) is 12.6 Å². The Hall–Kier alpha value is 1.41. The second kappa shape index (κ2) is 8.15. The zero-order valence-corrected chi connectivity index (χ0v) is 17.0. The average Bonchev–Trinajstić information content (AvgIpc) is 2.24. The summed E-state index contributed by atoms with van der Waals surface area (Å²) in [7, 11) is 2.22. The van der Waals surface area contributed by atoms with Crippen molar-refractivity contribution in [3.05, 3.63) is 13.8 Å². The van der Waals surface area contributed by atoms with Crippen molar-refractivity contribution in [1.29, 1.82) is 0 Å². The standard InChI is InChI=1S/C16H31NS.Y/c1-7-13(2)10-15(4)12-17(6)9-8-14(3)11-16(15,5)18;/h13-14,18H,1,4,7-12H2,2-3,5-6H3;/q-2;. The Morgan fingerprint density at radius 2 is 2.05 bits per heavy atom. The second-order valence-electron chi connectivity index (χ2n) is 6.99. The molecule has 4 atom stereocenters. The quantitative estimate of drug-likeness (QED) is 0.587. The Morgan fingerprint density at radius 3 is 2.58 bits per heavy atom. The van der Waals surface area contributed by atoms with Crippen LogP contribution in [0.4, 0.5) is 0 Å². The molecular weight excluding hydrogens is 327 g/mol. The van der Waals surface area contributed by atoms with E-state index in [-0.39, 0.29) is 42.9 Å². The molecule has 1 saturated heterocycles. The monoisotopic (exact) mass is 358 g/mol. The minimum atomic E-state index is 0. The fourth-order valence-corrected chi connectivity index (χ4v) is 3.73. The molecule has 1 fully saturated rings. The zero-order chi connectivity index (χ0) is 14.0. The summed E-state index contributed by atoms with van der Waals surface area (Å²) in [4.78, 5) is 2.44. The Bertz CT molecular complexity index is 265. The molecule has 0 amide bonds. The maximum atomic E-state index is 5.02. The fourth-order valence-electron chi connectivity index (χ4n) is 3.26. The van der Waals surface area contributed by atoms with Crippen molar-refractivity contribution in [1.82, 2.24) is 4.90 Å². The fraction of sp³-hybridized carbons (Fsp3) is 0.875. The van der Waals surface area contributed by atoms with Gasteiger partial charge in [-0.1, -0.05) is 33.1 Å². The molecule has 0 saturated carbocycles. The Labute approximate surface area is 152 Å². The van der Waals surface area contributed by atoms with Gasteiger partial charge >= 0.3 is 0 Å². The molecule has 1 radical (unpaired) electrons. The SMILES string of the molecule is [CH2-]CC(C)CC1([CH2-])CN(C)CCC(C)CC1(C)S.[Y]. The predicted molar refractivity (Wildman–Crippen MR) is 84.8 cm³/mol. The maximum absolute atomic E-state index is 5.02. The van der Waals surface area contributed by atoms with E-state index in [0.717, 1.165) is 31.7 Å². The van der Waals surface area contributed by atoms with E-state index in [1.165, 1.54) is 13.0 Å². The number of likely N-dealkylation sites (tertiary alicyclic amines) is 1. The Balaban J connectivity index is 0.00000324. The van der Waals surface area contributed by atoms with E-state index in [9.17, 15) is 0 Å². The van der Waals surface area contributed by atoms with Gasteiger partial charge in [-0.3, -0.25) is 0 Å². The van der Waals surface area contributed by atoms with Crippen LogP contribution in [-0.4, -0.2) is 29.8 Å². The predicted octanol–water partition coefficient (Wildman–Crippen LogP) is 4.10. The van der Waals surface area contributed by atoms with Crippen LogP contribution in [0.5, 0.6) is 0 Å². The third-order valence-electron chi connectivity index (χ3n) is 4.70. The first-order valence-electron chi connectivity index (χ1n) is 7.26. The van der Waals surface area contributed by atoms with E-state index < -0.39 is 0 Å². The molecule has 19 heavy (non-hydrogen) atoms. The van der Waals surface area contributed by atoms with Gasteiger partial charge in [0.1, 0.15) is 0 Å². The average molecular weight is 358 g/mol. The molecule has 1 nitrogen and oxygen atoms in total. The third kappa shape index (κ3) is 5.60. The number of hydrogen-bond acceptors (Lipinski definition) is 2. The van der Waals surface area contributed by atoms with Gasteiger partial charge in [0.2, 0.25) is 0 Å². The molecule has 0 spiro atoms. The molecule has 0 bridgehead atoms. The molecule has 0 aromatic heterocycles. The summed E-state index contributed by atoms with van der Waals surface area (Å²) < 4.78 is 0.00449. The van der Waals surface area contributed by atoms with Crippen LogP contribution in [0.3, 0.4) is 0 Å². The van der Waals surface area contributed by atoms with Crippen molar-refractivity contribution in [2.75, 3.05) is 20.1 Å². The zero-order valence-electron chi connectivity index (χ0n) is 13.3. The molecule has 1 aliphatic heterocycles. The van der Waals surface area contributed by atoms with Crippen molar-refractivity contribution in [2.24, 2.45) is 17.3 Å². The first-order chi connectivity index (χ1) is 8.20. The molecule has 4 unspecified atom stereocenters. The summed E-state index contributed by atoms with van der Waals surface area (Å²) in [6, 6.07) is 0. The van der Waals surface area contributed by atoms with Crippen LogP contribution < -0.4 is 0 Å². The second-order valence-corrected chi connectivity index (χ2v) is 7.97. The van der Waals surface area contributed by atoms with Gasteiger partial charge < -0.3 is 18.7 Å². The van der Waals surface area contributed by atoms with Crippen LogP contribution in [0.2, 0.25) is 0 Å². The van der Waals surface area contributed by atoms with E-state index >= 15 is 0 Å². The van der Waals surface area contributed by atoms with Crippen molar-refractivity contribution in [2.45, 2.75) is 51.2 Å². The summed E-state index contributed by atoms with van der Waals surface area (Å²) in [5.41, 5.74) is 0.0245. The third-order valence-corrected chi connectivity index (χ3v) is 5.35. The number of thiol groups is 1. The van der Waals surface area contributed by atoms with Crippen LogP contribution in [0.25, 0.3) is 0 Å². The number of hydrogen-bond donors (Lipinski definition) is 1. The normalized spacial score (nSPS) is 39.0.